The fourth-order valence-electron chi connectivity index (χ4n) is 1.75. The predicted octanol–water partition coefficient (Wildman–Crippen LogP) is 3.81. The Hall–Kier alpha value is -1.81. The number of fused-ring (bicyclic) bond motifs is 1. The van der Waals surface area contributed by atoms with Gasteiger partial charge in [0.1, 0.15) is 5.76 Å². The molecule has 0 spiro atoms. The van der Waals surface area contributed by atoms with Crippen molar-refractivity contribution in [1.29, 1.82) is 0 Å². The molecule has 0 saturated heterocycles. The SMILES string of the molecule is Cc1nc2ccc(NCc3ccco3)cc2s1. The highest BCUT2D eigenvalue weighted by atomic mass is 32.1. The van der Waals surface area contributed by atoms with Crippen LogP contribution in [-0.4, -0.2) is 4.98 Å². The van der Waals surface area contributed by atoms with Gasteiger partial charge in [-0.15, -0.1) is 11.3 Å². The molecule has 3 nitrogen and oxygen atoms in total. The molecule has 0 atom stereocenters. The summed E-state index contributed by atoms with van der Waals surface area (Å²) in [7, 11) is 0. The van der Waals surface area contributed by atoms with E-state index in [1.54, 1.807) is 17.6 Å². The van der Waals surface area contributed by atoms with E-state index in [0.29, 0.717) is 6.54 Å². The van der Waals surface area contributed by atoms with Crippen LogP contribution in [0.5, 0.6) is 0 Å². The smallest absolute Gasteiger partial charge is 0.122 e. The normalized spacial score (nSPS) is 10.9. The van der Waals surface area contributed by atoms with E-state index in [0.717, 1.165) is 22.0 Å². The number of aryl methyl sites for hydroxylation is 1. The fraction of sp³-hybridized carbons (Fsp3) is 0.154. The summed E-state index contributed by atoms with van der Waals surface area (Å²) in [5.41, 5.74) is 2.16. The van der Waals surface area contributed by atoms with Gasteiger partial charge in [0.05, 0.1) is 28.0 Å². The summed E-state index contributed by atoms with van der Waals surface area (Å²) in [5, 5.41) is 4.43. The van der Waals surface area contributed by atoms with Gasteiger partial charge in [0.2, 0.25) is 0 Å². The fourth-order valence-corrected chi connectivity index (χ4v) is 2.62. The maximum atomic E-state index is 5.27. The molecule has 0 unspecified atom stereocenters. The standard InChI is InChI=1S/C13H12N2OS/c1-9-15-12-5-4-10(7-13(12)17-9)14-8-11-3-2-6-16-11/h2-7,14H,8H2,1H3. The molecule has 3 aromatic rings. The minimum Gasteiger partial charge on any atom is -0.467 e. The molecule has 0 aliphatic heterocycles. The van der Waals surface area contributed by atoms with Gasteiger partial charge in [-0.1, -0.05) is 0 Å². The number of benzene rings is 1. The zero-order valence-electron chi connectivity index (χ0n) is 9.43. The van der Waals surface area contributed by atoms with E-state index < -0.39 is 0 Å². The van der Waals surface area contributed by atoms with Crippen molar-refractivity contribution in [3.63, 3.8) is 0 Å². The van der Waals surface area contributed by atoms with Gasteiger partial charge in [0.25, 0.3) is 0 Å². The molecule has 0 aliphatic carbocycles. The van der Waals surface area contributed by atoms with Crippen molar-refractivity contribution >= 4 is 27.2 Å². The summed E-state index contributed by atoms with van der Waals surface area (Å²) in [6.07, 6.45) is 1.69. The highest BCUT2D eigenvalue weighted by molar-refractivity contribution is 7.18. The van der Waals surface area contributed by atoms with Crippen molar-refractivity contribution in [3.05, 3.63) is 47.4 Å². The minimum absolute atomic E-state index is 0.705. The number of furan rings is 1. The second-order valence-electron chi connectivity index (χ2n) is 3.85. The molecule has 2 aromatic heterocycles. The summed E-state index contributed by atoms with van der Waals surface area (Å²) in [6, 6.07) is 10.1. The van der Waals surface area contributed by atoms with Crippen molar-refractivity contribution in [1.82, 2.24) is 4.98 Å². The summed E-state index contributed by atoms with van der Waals surface area (Å²) >= 11 is 1.72. The lowest BCUT2D eigenvalue weighted by Gasteiger charge is -2.03. The molecule has 17 heavy (non-hydrogen) atoms. The lowest BCUT2D eigenvalue weighted by molar-refractivity contribution is 0.518. The van der Waals surface area contributed by atoms with E-state index in [-0.39, 0.29) is 0 Å². The van der Waals surface area contributed by atoms with Crippen LogP contribution in [0.3, 0.4) is 0 Å². The Morgan fingerprint density at radius 3 is 3.12 bits per heavy atom. The Kier molecular flexibility index (Phi) is 2.57. The molecule has 0 aliphatic rings. The van der Waals surface area contributed by atoms with E-state index >= 15 is 0 Å². The number of hydrogen-bond donors (Lipinski definition) is 1. The van der Waals surface area contributed by atoms with Crippen molar-refractivity contribution in [2.45, 2.75) is 13.5 Å². The lowest BCUT2D eigenvalue weighted by Crippen LogP contribution is -1.97. The van der Waals surface area contributed by atoms with E-state index in [4.69, 9.17) is 4.42 Å². The van der Waals surface area contributed by atoms with Gasteiger partial charge in [-0.25, -0.2) is 4.98 Å². The van der Waals surface area contributed by atoms with Crippen molar-refractivity contribution in [3.8, 4) is 0 Å². The molecule has 0 bridgehead atoms. The van der Waals surface area contributed by atoms with Gasteiger partial charge >= 0.3 is 0 Å². The highest BCUT2D eigenvalue weighted by Crippen LogP contribution is 2.24. The van der Waals surface area contributed by atoms with Crippen LogP contribution in [-0.2, 0) is 6.54 Å². The van der Waals surface area contributed by atoms with E-state index in [2.05, 4.69) is 16.4 Å². The van der Waals surface area contributed by atoms with E-state index in [1.807, 2.05) is 31.2 Å². The van der Waals surface area contributed by atoms with E-state index in [1.165, 1.54) is 4.70 Å². The molecule has 0 amide bonds. The van der Waals surface area contributed by atoms with Gasteiger partial charge in [0, 0.05) is 5.69 Å². The zero-order valence-corrected chi connectivity index (χ0v) is 10.3. The molecule has 1 aromatic carbocycles. The van der Waals surface area contributed by atoms with E-state index in [9.17, 15) is 0 Å². The first kappa shape index (κ1) is 10.4. The quantitative estimate of drug-likeness (QED) is 0.761. The molecule has 1 N–H and O–H groups in total. The largest absolute Gasteiger partial charge is 0.467 e. The van der Waals surface area contributed by atoms with Crippen LogP contribution in [0.15, 0.2) is 41.0 Å². The second kappa shape index (κ2) is 4.22. The van der Waals surface area contributed by atoms with Crippen LogP contribution in [0.4, 0.5) is 5.69 Å². The van der Waals surface area contributed by atoms with Crippen molar-refractivity contribution in [2.75, 3.05) is 5.32 Å². The Morgan fingerprint density at radius 1 is 1.35 bits per heavy atom. The Bertz CT molecular complexity index is 628. The first-order valence-corrected chi connectivity index (χ1v) is 6.26. The van der Waals surface area contributed by atoms with Crippen LogP contribution in [0.2, 0.25) is 0 Å². The highest BCUT2D eigenvalue weighted by Gasteiger charge is 2.02. The average molecular weight is 244 g/mol. The maximum absolute atomic E-state index is 5.27. The Balaban J connectivity index is 1.81. The number of hydrogen-bond acceptors (Lipinski definition) is 4. The number of thiazole rings is 1. The number of nitrogens with one attached hydrogen (secondary N) is 1. The Labute approximate surface area is 103 Å². The van der Waals surface area contributed by atoms with Crippen LogP contribution in [0.25, 0.3) is 10.2 Å². The molecule has 0 radical (unpaired) electrons. The van der Waals surface area contributed by atoms with Gasteiger partial charge in [-0.05, 0) is 37.3 Å². The maximum Gasteiger partial charge on any atom is 0.122 e. The number of rotatable bonds is 3. The third-order valence-corrected chi connectivity index (χ3v) is 3.48. The predicted molar refractivity (Wildman–Crippen MR) is 70.4 cm³/mol. The molecule has 0 fully saturated rings. The first-order chi connectivity index (χ1) is 8.31. The third kappa shape index (κ3) is 2.17. The van der Waals surface area contributed by atoms with Crippen molar-refractivity contribution < 1.29 is 4.42 Å². The molecule has 86 valence electrons. The number of nitrogens with zero attached hydrogens (tertiary/aromatic N) is 1. The van der Waals surface area contributed by atoms with Gasteiger partial charge < -0.3 is 9.73 Å². The minimum atomic E-state index is 0.705. The molecule has 3 rings (SSSR count). The summed E-state index contributed by atoms with van der Waals surface area (Å²) in [5.74, 6) is 0.936. The molecular weight excluding hydrogens is 232 g/mol. The van der Waals surface area contributed by atoms with Crippen LogP contribution < -0.4 is 5.32 Å². The molecule has 0 saturated carbocycles. The zero-order chi connectivity index (χ0) is 11.7. The van der Waals surface area contributed by atoms with Gasteiger partial charge in [-0.3, -0.25) is 0 Å². The lowest BCUT2D eigenvalue weighted by atomic mass is 10.3. The number of anilines is 1. The molecular formula is C13H12N2OS. The van der Waals surface area contributed by atoms with Crippen LogP contribution >= 0.6 is 11.3 Å². The monoisotopic (exact) mass is 244 g/mol. The second-order valence-corrected chi connectivity index (χ2v) is 5.08. The van der Waals surface area contributed by atoms with Crippen LogP contribution in [0, 0.1) is 6.92 Å². The third-order valence-electron chi connectivity index (χ3n) is 2.54. The van der Waals surface area contributed by atoms with Crippen LogP contribution in [0.1, 0.15) is 10.8 Å². The first-order valence-electron chi connectivity index (χ1n) is 5.45. The van der Waals surface area contributed by atoms with Gasteiger partial charge in [0.15, 0.2) is 0 Å². The number of aromatic nitrogens is 1. The summed E-state index contributed by atoms with van der Waals surface area (Å²) < 4.78 is 6.49. The van der Waals surface area contributed by atoms with Crippen molar-refractivity contribution in [2.24, 2.45) is 0 Å². The Morgan fingerprint density at radius 2 is 2.29 bits per heavy atom. The topological polar surface area (TPSA) is 38.1 Å². The van der Waals surface area contributed by atoms with Gasteiger partial charge in [-0.2, -0.15) is 0 Å². The summed E-state index contributed by atoms with van der Waals surface area (Å²) in [4.78, 5) is 4.44. The average Bonchev–Trinajstić information content (AvgIpc) is 2.92. The molecule has 2 heterocycles. The molecule has 4 heteroatoms. The summed E-state index contributed by atoms with van der Waals surface area (Å²) in [6.45, 7) is 2.73.